The molecule has 7 heteroatoms. The summed E-state index contributed by atoms with van der Waals surface area (Å²) in [6.07, 6.45) is 5.69. The Balaban J connectivity index is 1.55. The molecule has 1 unspecified atom stereocenters. The fraction of sp³-hybridized carbons (Fsp3) is 0.310. The van der Waals surface area contributed by atoms with Crippen LogP contribution in [0.15, 0.2) is 66.7 Å². The number of benzene rings is 3. The third-order valence-corrected chi connectivity index (χ3v) is 7.24. The van der Waals surface area contributed by atoms with Gasteiger partial charge in [0, 0.05) is 10.6 Å². The molecule has 0 aliphatic heterocycles. The largest absolute Gasteiger partial charge is 0.488 e. The molecule has 5 nitrogen and oxygen atoms in total. The van der Waals surface area contributed by atoms with E-state index in [1.165, 1.54) is 25.7 Å². The minimum Gasteiger partial charge on any atom is -0.488 e. The third-order valence-electron chi connectivity index (χ3n) is 6.99. The van der Waals surface area contributed by atoms with E-state index in [-0.39, 0.29) is 24.0 Å². The normalized spacial score (nSPS) is 15.1. The summed E-state index contributed by atoms with van der Waals surface area (Å²) in [6.45, 7) is 0.278. The first-order chi connectivity index (χ1) is 17.5. The first-order valence-corrected chi connectivity index (χ1v) is 12.7. The molecule has 36 heavy (non-hydrogen) atoms. The van der Waals surface area contributed by atoms with Gasteiger partial charge < -0.3 is 14.0 Å². The quantitative estimate of drug-likeness (QED) is 0.244. The monoisotopic (exact) mass is 506 g/mol. The van der Waals surface area contributed by atoms with Gasteiger partial charge in [0.05, 0.1) is 29.7 Å². The number of rotatable bonds is 7. The number of esters is 1. The van der Waals surface area contributed by atoms with E-state index in [1.807, 2.05) is 42.5 Å². The van der Waals surface area contributed by atoms with Gasteiger partial charge in [-0.1, -0.05) is 43.0 Å². The minimum absolute atomic E-state index is 0.0527. The van der Waals surface area contributed by atoms with Gasteiger partial charge in [-0.2, -0.15) is 0 Å². The van der Waals surface area contributed by atoms with Crippen LogP contribution in [0, 0.1) is 11.7 Å². The number of methoxy groups -OCH3 is 1. The summed E-state index contributed by atoms with van der Waals surface area (Å²) in [5.41, 5.74) is 3.03. The maximum atomic E-state index is 14.9. The summed E-state index contributed by atoms with van der Waals surface area (Å²) in [6, 6.07) is 19.9. The summed E-state index contributed by atoms with van der Waals surface area (Å²) in [4.78, 5) is 16.8. The highest BCUT2D eigenvalue weighted by Crippen LogP contribution is 2.39. The van der Waals surface area contributed by atoms with Crippen LogP contribution in [0.2, 0.25) is 5.02 Å². The molecule has 3 aromatic carbocycles. The van der Waals surface area contributed by atoms with Crippen molar-refractivity contribution in [1.82, 2.24) is 9.55 Å². The predicted molar refractivity (Wildman–Crippen MR) is 139 cm³/mol. The van der Waals surface area contributed by atoms with E-state index in [9.17, 15) is 9.18 Å². The van der Waals surface area contributed by atoms with Crippen LogP contribution < -0.4 is 4.74 Å². The number of para-hydroxylation sites is 2. The van der Waals surface area contributed by atoms with Gasteiger partial charge in [-0.3, -0.25) is 0 Å². The maximum Gasteiger partial charge on any atom is 0.337 e. The maximum absolute atomic E-state index is 14.9. The Morgan fingerprint density at radius 1 is 1.08 bits per heavy atom. The fourth-order valence-corrected chi connectivity index (χ4v) is 5.29. The number of hydrogen-bond donors (Lipinski definition) is 0. The number of halogens is 2. The summed E-state index contributed by atoms with van der Waals surface area (Å²) in [5, 5.41) is 0.666. The molecule has 0 radical (unpaired) electrons. The standard InChI is InChI=1S/C29H28ClFN2O3/c1-35-29(34)21-13-16-27(23(31)17-21)36-18-26(19-7-3-2-4-8-19)33-25-10-6-5-9-24(25)32-28(33)20-11-14-22(30)15-12-20/h5-6,9-17,19,26H,2-4,7-8,18H2,1H3. The molecule has 1 saturated carbocycles. The molecule has 1 fully saturated rings. The van der Waals surface area contributed by atoms with E-state index in [4.69, 9.17) is 26.1 Å². The molecule has 1 aliphatic rings. The number of fused-ring (bicyclic) bond motifs is 1. The van der Waals surface area contributed by atoms with Crippen LogP contribution >= 0.6 is 11.6 Å². The highest BCUT2D eigenvalue weighted by atomic mass is 35.5. The molecule has 5 rings (SSSR count). The van der Waals surface area contributed by atoms with Gasteiger partial charge in [0.25, 0.3) is 0 Å². The molecule has 0 saturated heterocycles. The fourth-order valence-electron chi connectivity index (χ4n) is 5.16. The Bertz CT molecular complexity index is 1360. The van der Waals surface area contributed by atoms with Gasteiger partial charge in [0.15, 0.2) is 11.6 Å². The predicted octanol–water partition coefficient (Wildman–Crippen LogP) is 7.48. The van der Waals surface area contributed by atoms with Crippen LogP contribution in [0.1, 0.15) is 48.5 Å². The average molecular weight is 507 g/mol. The highest BCUT2D eigenvalue weighted by molar-refractivity contribution is 6.30. The summed E-state index contributed by atoms with van der Waals surface area (Å²) >= 11 is 6.16. The van der Waals surface area contributed by atoms with Crippen molar-refractivity contribution in [2.75, 3.05) is 13.7 Å². The van der Waals surface area contributed by atoms with Crippen molar-refractivity contribution in [2.24, 2.45) is 5.92 Å². The van der Waals surface area contributed by atoms with Crippen molar-refractivity contribution < 1.29 is 18.7 Å². The second-order valence-corrected chi connectivity index (χ2v) is 9.65. The average Bonchev–Trinajstić information content (AvgIpc) is 3.29. The number of nitrogens with zero attached hydrogens (tertiary/aromatic N) is 2. The first-order valence-electron chi connectivity index (χ1n) is 12.3. The Hall–Kier alpha value is -3.38. The molecule has 0 amide bonds. The molecule has 1 heterocycles. The van der Waals surface area contributed by atoms with Crippen LogP contribution in [0.5, 0.6) is 5.75 Å². The van der Waals surface area contributed by atoms with E-state index >= 15 is 0 Å². The van der Waals surface area contributed by atoms with Crippen molar-refractivity contribution in [2.45, 2.75) is 38.1 Å². The van der Waals surface area contributed by atoms with Gasteiger partial charge >= 0.3 is 5.97 Å². The Kier molecular flexibility index (Phi) is 7.23. The highest BCUT2D eigenvalue weighted by Gasteiger charge is 2.30. The minimum atomic E-state index is -0.589. The first kappa shape index (κ1) is 24.3. The number of imidazole rings is 1. The molecule has 0 spiro atoms. The number of aromatic nitrogens is 2. The molecular formula is C29H28ClFN2O3. The van der Waals surface area contributed by atoms with E-state index in [1.54, 1.807) is 0 Å². The number of hydrogen-bond acceptors (Lipinski definition) is 4. The van der Waals surface area contributed by atoms with Gasteiger partial charge in [0.1, 0.15) is 12.4 Å². The molecule has 0 N–H and O–H groups in total. The molecule has 186 valence electrons. The van der Waals surface area contributed by atoms with Crippen molar-refractivity contribution in [3.8, 4) is 17.1 Å². The second-order valence-electron chi connectivity index (χ2n) is 9.21. The molecule has 1 aliphatic carbocycles. The molecule has 0 bridgehead atoms. The lowest BCUT2D eigenvalue weighted by Crippen LogP contribution is -2.28. The zero-order valence-corrected chi connectivity index (χ0v) is 20.9. The Morgan fingerprint density at radius 3 is 2.56 bits per heavy atom. The summed E-state index contributed by atoms with van der Waals surface area (Å²) in [5.74, 6) is 0.140. The zero-order valence-electron chi connectivity index (χ0n) is 20.1. The SMILES string of the molecule is COC(=O)c1ccc(OCC(C2CCCCC2)n2c(-c3ccc(Cl)cc3)nc3ccccc32)c(F)c1. The van der Waals surface area contributed by atoms with Crippen LogP contribution in [0.3, 0.4) is 0 Å². The van der Waals surface area contributed by atoms with E-state index in [0.29, 0.717) is 10.9 Å². The number of carbonyl (C=O) groups excluding carboxylic acids is 1. The van der Waals surface area contributed by atoms with Crippen LogP contribution in [0.25, 0.3) is 22.4 Å². The van der Waals surface area contributed by atoms with E-state index < -0.39 is 11.8 Å². The van der Waals surface area contributed by atoms with Crippen LogP contribution in [-0.2, 0) is 4.74 Å². The van der Waals surface area contributed by atoms with Crippen molar-refractivity contribution >= 4 is 28.6 Å². The Labute approximate surface area is 214 Å². The Morgan fingerprint density at radius 2 is 1.83 bits per heavy atom. The topological polar surface area (TPSA) is 53.4 Å². The van der Waals surface area contributed by atoms with Gasteiger partial charge in [-0.25, -0.2) is 14.2 Å². The van der Waals surface area contributed by atoms with E-state index in [2.05, 4.69) is 10.6 Å². The number of ether oxygens (including phenoxy) is 2. The lowest BCUT2D eigenvalue weighted by Gasteiger charge is -2.32. The second kappa shape index (κ2) is 10.7. The van der Waals surface area contributed by atoms with E-state index in [0.717, 1.165) is 54.2 Å². The smallest absolute Gasteiger partial charge is 0.337 e. The van der Waals surface area contributed by atoms with Crippen LogP contribution in [-0.4, -0.2) is 29.2 Å². The third kappa shape index (κ3) is 4.96. The molecular weight excluding hydrogens is 479 g/mol. The summed E-state index contributed by atoms with van der Waals surface area (Å²) in [7, 11) is 1.27. The van der Waals surface area contributed by atoms with Gasteiger partial charge in [0.2, 0.25) is 0 Å². The molecule has 1 atom stereocenters. The lowest BCUT2D eigenvalue weighted by atomic mass is 9.83. The summed E-state index contributed by atoms with van der Waals surface area (Å²) < 4.78 is 27.9. The lowest BCUT2D eigenvalue weighted by molar-refractivity contribution is 0.0600. The van der Waals surface area contributed by atoms with Gasteiger partial charge in [-0.05, 0) is 73.4 Å². The van der Waals surface area contributed by atoms with Gasteiger partial charge in [-0.15, -0.1) is 0 Å². The van der Waals surface area contributed by atoms with Crippen molar-refractivity contribution in [1.29, 1.82) is 0 Å². The van der Waals surface area contributed by atoms with Crippen LogP contribution in [0.4, 0.5) is 4.39 Å². The zero-order chi connectivity index (χ0) is 25.1. The molecule has 1 aromatic heterocycles. The van der Waals surface area contributed by atoms with Crippen molar-refractivity contribution in [3.05, 3.63) is 83.1 Å². The molecule has 4 aromatic rings. The van der Waals surface area contributed by atoms with Crippen molar-refractivity contribution in [3.63, 3.8) is 0 Å². The number of carbonyl (C=O) groups is 1.